The van der Waals surface area contributed by atoms with Gasteiger partial charge in [0.1, 0.15) is 5.75 Å². The molecule has 2 aromatic rings. The number of methoxy groups -OCH3 is 3. The third kappa shape index (κ3) is 5.53. The number of hydrazone groups is 1. The van der Waals surface area contributed by atoms with Crippen molar-refractivity contribution in [3.8, 4) is 17.2 Å². The van der Waals surface area contributed by atoms with Crippen LogP contribution in [0.15, 0.2) is 47.6 Å². The van der Waals surface area contributed by atoms with Gasteiger partial charge < -0.3 is 19.1 Å². The SMILES string of the molecule is COc1ccc(/C=N\NC(=O)C2CCN(C(=O)c3ccc(OC)c(OC)c3)CC2)cc1. The number of ether oxygens (including phenoxy) is 3. The summed E-state index contributed by atoms with van der Waals surface area (Å²) in [4.78, 5) is 27.0. The summed E-state index contributed by atoms with van der Waals surface area (Å²) in [6.07, 6.45) is 2.76. The first-order valence-electron chi connectivity index (χ1n) is 10.0. The van der Waals surface area contributed by atoms with Crippen LogP contribution >= 0.6 is 0 Å². The summed E-state index contributed by atoms with van der Waals surface area (Å²) in [5.41, 5.74) is 3.99. The van der Waals surface area contributed by atoms with Crippen molar-refractivity contribution >= 4 is 18.0 Å². The monoisotopic (exact) mass is 425 g/mol. The number of nitrogens with zero attached hydrogens (tertiary/aromatic N) is 2. The van der Waals surface area contributed by atoms with Crippen molar-refractivity contribution in [3.63, 3.8) is 0 Å². The Bertz CT molecular complexity index is 935. The Morgan fingerprint density at radius 3 is 2.26 bits per heavy atom. The van der Waals surface area contributed by atoms with Crippen LogP contribution in [-0.4, -0.2) is 57.3 Å². The highest BCUT2D eigenvalue weighted by molar-refractivity contribution is 5.95. The molecule has 1 saturated heterocycles. The lowest BCUT2D eigenvalue weighted by molar-refractivity contribution is -0.126. The van der Waals surface area contributed by atoms with Gasteiger partial charge in [0.15, 0.2) is 11.5 Å². The largest absolute Gasteiger partial charge is 0.497 e. The molecule has 0 radical (unpaired) electrons. The number of hydrogen-bond acceptors (Lipinski definition) is 6. The lowest BCUT2D eigenvalue weighted by Gasteiger charge is -2.31. The average Bonchev–Trinajstić information content (AvgIpc) is 2.83. The molecule has 0 aliphatic carbocycles. The molecule has 8 heteroatoms. The van der Waals surface area contributed by atoms with Crippen LogP contribution in [0, 0.1) is 5.92 Å². The lowest BCUT2D eigenvalue weighted by Crippen LogP contribution is -2.42. The van der Waals surface area contributed by atoms with Crippen LogP contribution in [0.3, 0.4) is 0 Å². The van der Waals surface area contributed by atoms with Crippen molar-refractivity contribution < 1.29 is 23.8 Å². The second kappa shape index (κ2) is 10.5. The van der Waals surface area contributed by atoms with Crippen molar-refractivity contribution in [2.24, 2.45) is 11.0 Å². The lowest BCUT2D eigenvalue weighted by atomic mass is 9.95. The van der Waals surface area contributed by atoms with E-state index in [0.29, 0.717) is 43.0 Å². The molecule has 31 heavy (non-hydrogen) atoms. The maximum Gasteiger partial charge on any atom is 0.253 e. The van der Waals surface area contributed by atoms with Gasteiger partial charge in [-0.05, 0) is 60.9 Å². The van der Waals surface area contributed by atoms with E-state index >= 15 is 0 Å². The fraction of sp³-hybridized carbons (Fsp3) is 0.348. The normalized spacial score (nSPS) is 14.4. The molecule has 1 heterocycles. The van der Waals surface area contributed by atoms with Gasteiger partial charge in [-0.3, -0.25) is 9.59 Å². The van der Waals surface area contributed by atoms with Gasteiger partial charge in [-0.1, -0.05) is 0 Å². The molecule has 8 nitrogen and oxygen atoms in total. The van der Waals surface area contributed by atoms with Crippen LogP contribution in [0.4, 0.5) is 0 Å². The molecule has 2 aromatic carbocycles. The van der Waals surface area contributed by atoms with Crippen LogP contribution in [0.2, 0.25) is 0 Å². The van der Waals surface area contributed by atoms with E-state index in [4.69, 9.17) is 14.2 Å². The van der Waals surface area contributed by atoms with Gasteiger partial charge in [0.2, 0.25) is 5.91 Å². The van der Waals surface area contributed by atoms with E-state index in [9.17, 15) is 9.59 Å². The van der Waals surface area contributed by atoms with E-state index in [0.717, 1.165) is 11.3 Å². The average molecular weight is 425 g/mol. The quantitative estimate of drug-likeness (QED) is 0.544. The second-order valence-electron chi connectivity index (χ2n) is 7.14. The Morgan fingerprint density at radius 2 is 1.65 bits per heavy atom. The van der Waals surface area contributed by atoms with Crippen LogP contribution in [-0.2, 0) is 4.79 Å². The van der Waals surface area contributed by atoms with Gasteiger partial charge in [-0.15, -0.1) is 0 Å². The molecule has 0 aromatic heterocycles. The topological polar surface area (TPSA) is 89.5 Å². The molecule has 1 fully saturated rings. The second-order valence-corrected chi connectivity index (χ2v) is 7.14. The molecule has 2 amide bonds. The Balaban J connectivity index is 1.50. The molecule has 0 bridgehead atoms. The highest BCUT2D eigenvalue weighted by Gasteiger charge is 2.28. The van der Waals surface area contributed by atoms with Crippen molar-refractivity contribution in [2.45, 2.75) is 12.8 Å². The zero-order valence-corrected chi connectivity index (χ0v) is 18.0. The highest BCUT2D eigenvalue weighted by atomic mass is 16.5. The van der Waals surface area contributed by atoms with E-state index in [1.54, 1.807) is 43.5 Å². The molecule has 1 N–H and O–H groups in total. The number of carbonyl (C=O) groups excluding carboxylic acids is 2. The van der Waals surface area contributed by atoms with Crippen LogP contribution in [0.25, 0.3) is 0 Å². The van der Waals surface area contributed by atoms with E-state index in [1.165, 1.54) is 7.11 Å². The minimum atomic E-state index is -0.178. The molecule has 0 unspecified atom stereocenters. The summed E-state index contributed by atoms with van der Waals surface area (Å²) in [7, 11) is 4.69. The summed E-state index contributed by atoms with van der Waals surface area (Å²) in [6.45, 7) is 1.01. The molecular weight excluding hydrogens is 398 g/mol. The number of rotatable bonds is 7. The number of piperidine rings is 1. The molecule has 0 atom stereocenters. The van der Waals surface area contributed by atoms with Crippen molar-refractivity contribution in [1.82, 2.24) is 10.3 Å². The van der Waals surface area contributed by atoms with Gasteiger partial charge in [-0.2, -0.15) is 5.10 Å². The first-order chi connectivity index (χ1) is 15.0. The number of hydrogen-bond donors (Lipinski definition) is 1. The van der Waals surface area contributed by atoms with Crippen LogP contribution in [0.1, 0.15) is 28.8 Å². The van der Waals surface area contributed by atoms with Crippen molar-refractivity contribution in [1.29, 1.82) is 0 Å². The van der Waals surface area contributed by atoms with Gasteiger partial charge in [-0.25, -0.2) is 5.43 Å². The van der Waals surface area contributed by atoms with Crippen molar-refractivity contribution in [2.75, 3.05) is 34.4 Å². The fourth-order valence-corrected chi connectivity index (χ4v) is 3.45. The Kier molecular flexibility index (Phi) is 7.48. The van der Waals surface area contributed by atoms with E-state index in [-0.39, 0.29) is 17.7 Å². The van der Waals surface area contributed by atoms with Gasteiger partial charge in [0.25, 0.3) is 5.91 Å². The maximum atomic E-state index is 12.8. The summed E-state index contributed by atoms with van der Waals surface area (Å²) >= 11 is 0. The van der Waals surface area contributed by atoms with Gasteiger partial charge in [0.05, 0.1) is 27.5 Å². The highest BCUT2D eigenvalue weighted by Crippen LogP contribution is 2.29. The zero-order chi connectivity index (χ0) is 22.2. The van der Waals surface area contributed by atoms with Gasteiger partial charge >= 0.3 is 0 Å². The predicted molar refractivity (Wildman–Crippen MR) is 117 cm³/mol. The number of carbonyl (C=O) groups is 2. The molecule has 0 saturated carbocycles. The summed E-state index contributed by atoms with van der Waals surface area (Å²) < 4.78 is 15.6. The fourth-order valence-electron chi connectivity index (χ4n) is 3.45. The Morgan fingerprint density at radius 1 is 0.968 bits per heavy atom. The third-order valence-electron chi connectivity index (χ3n) is 5.29. The standard InChI is InChI=1S/C23H27N3O5/c1-29-19-7-4-16(5-8-19)15-24-25-22(27)17-10-12-26(13-11-17)23(28)18-6-9-20(30-2)21(14-18)31-3/h4-9,14-15,17H,10-13H2,1-3H3,(H,25,27)/b24-15-. The van der Waals surface area contributed by atoms with E-state index in [1.807, 2.05) is 24.3 Å². The maximum absolute atomic E-state index is 12.8. The molecule has 1 aliphatic rings. The van der Waals surface area contributed by atoms with Crippen molar-refractivity contribution in [3.05, 3.63) is 53.6 Å². The Hall–Kier alpha value is -3.55. The first kappa shape index (κ1) is 22.1. The minimum Gasteiger partial charge on any atom is -0.497 e. The van der Waals surface area contributed by atoms with E-state index in [2.05, 4.69) is 10.5 Å². The number of nitrogens with one attached hydrogen (secondary N) is 1. The van der Waals surface area contributed by atoms with E-state index < -0.39 is 0 Å². The molecule has 164 valence electrons. The predicted octanol–water partition coefficient (Wildman–Crippen LogP) is 2.71. The summed E-state index contributed by atoms with van der Waals surface area (Å²) in [6, 6.07) is 12.5. The number of benzene rings is 2. The minimum absolute atomic E-state index is 0.0858. The molecule has 1 aliphatic heterocycles. The smallest absolute Gasteiger partial charge is 0.253 e. The Labute approximate surface area is 181 Å². The molecule has 0 spiro atoms. The zero-order valence-electron chi connectivity index (χ0n) is 18.0. The van der Waals surface area contributed by atoms with Crippen LogP contribution in [0.5, 0.6) is 17.2 Å². The summed E-state index contributed by atoms with van der Waals surface area (Å²) in [5, 5.41) is 4.04. The third-order valence-corrected chi connectivity index (χ3v) is 5.29. The number of amides is 2. The first-order valence-corrected chi connectivity index (χ1v) is 10.0. The number of likely N-dealkylation sites (tertiary alicyclic amines) is 1. The molecular formula is C23H27N3O5. The molecule has 3 rings (SSSR count). The summed E-state index contributed by atoms with van der Waals surface area (Å²) in [5.74, 6) is 1.44. The van der Waals surface area contributed by atoms with Gasteiger partial charge in [0, 0.05) is 24.6 Å². The van der Waals surface area contributed by atoms with Crippen LogP contribution < -0.4 is 19.6 Å².